The van der Waals surface area contributed by atoms with E-state index in [2.05, 4.69) is 16.8 Å². The molecule has 0 fully saturated rings. The van der Waals surface area contributed by atoms with Gasteiger partial charge in [-0.2, -0.15) is 5.10 Å². The lowest BCUT2D eigenvalue weighted by Gasteiger charge is -2.01. The molecule has 0 saturated carbocycles. The van der Waals surface area contributed by atoms with E-state index in [1.807, 2.05) is 0 Å². The summed E-state index contributed by atoms with van der Waals surface area (Å²) in [6.45, 7) is 5.37. The summed E-state index contributed by atoms with van der Waals surface area (Å²) < 4.78 is 0. The van der Waals surface area contributed by atoms with E-state index in [-0.39, 0.29) is 0 Å². The minimum Gasteiger partial charge on any atom is -0.366 e. The third kappa shape index (κ3) is 2.97. The molecule has 1 aromatic heterocycles. The molecule has 1 heterocycles. The number of rotatable bonds is 5. The summed E-state index contributed by atoms with van der Waals surface area (Å²) in [5.74, 6) is -0.502. The number of aldehydes is 1. The highest BCUT2D eigenvalue weighted by atomic mass is 16.1. The number of H-pyrrole nitrogens is 1. The first kappa shape index (κ1) is 14.5. The van der Waals surface area contributed by atoms with Gasteiger partial charge < -0.3 is 5.73 Å². The zero-order chi connectivity index (χ0) is 15.4. The average Bonchev–Trinajstić information content (AvgIpc) is 2.89. The number of fused-ring (bicyclic) bond motifs is 1. The van der Waals surface area contributed by atoms with E-state index in [0.29, 0.717) is 16.8 Å². The molecule has 2 aromatic rings. The van der Waals surface area contributed by atoms with Crippen LogP contribution in [0.1, 0.15) is 23.0 Å². The molecule has 106 valence electrons. The molecule has 0 radical (unpaired) electrons. The molecule has 1 aromatic carbocycles. The molecule has 0 bridgehead atoms. The molecule has 0 atom stereocenters. The van der Waals surface area contributed by atoms with Gasteiger partial charge in [0.2, 0.25) is 5.91 Å². The van der Waals surface area contributed by atoms with Crippen LogP contribution in [0.3, 0.4) is 0 Å². The smallest absolute Gasteiger partial charge is 0.248 e. The number of carbonyl (C=O) groups is 2. The van der Waals surface area contributed by atoms with Gasteiger partial charge in [0.25, 0.3) is 0 Å². The zero-order valence-corrected chi connectivity index (χ0v) is 11.6. The zero-order valence-electron chi connectivity index (χ0n) is 11.6. The van der Waals surface area contributed by atoms with E-state index in [1.165, 1.54) is 0 Å². The van der Waals surface area contributed by atoms with Gasteiger partial charge in [0.1, 0.15) is 6.29 Å². The number of nitrogens with one attached hydrogen (secondary N) is 1. The van der Waals surface area contributed by atoms with E-state index in [9.17, 15) is 9.59 Å². The van der Waals surface area contributed by atoms with E-state index in [4.69, 9.17) is 5.73 Å². The summed E-state index contributed by atoms with van der Waals surface area (Å²) >= 11 is 0. The molecule has 0 spiro atoms. The second kappa shape index (κ2) is 6.00. The van der Waals surface area contributed by atoms with Gasteiger partial charge in [-0.05, 0) is 36.8 Å². The molecule has 5 nitrogen and oxygen atoms in total. The van der Waals surface area contributed by atoms with Crippen molar-refractivity contribution in [2.24, 2.45) is 5.73 Å². The lowest BCUT2D eigenvalue weighted by Crippen LogP contribution is -2.10. The number of aromatic amines is 1. The van der Waals surface area contributed by atoms with Crippen LogP contribution in [-0.4, -0.2) is 22.4 Å². The number of benzene rings is 1. The van der Waals surface area contributed by atoms with Gasteiger partial charge in [-0.15, -0.1) is 0 Å². The fraction of sp³-hybridized carbons (Fsp3) is 0.0625. The van der Waals surface area contributed by atoms with Crippen LogP contribution in [0.4, 0.5) is 0 Å². The Balaban J connectivity index is 2.66. The number of nitrogens with zero attached hydrogens (tertiary/aromatic N) is 1. The minimum atomic E-state index is -0.502. The van der Waals surface area contributed by atoms with Crippen molar-refractivity contribution in [3.8, 4) is 0 Å². The number of nitrogens with two attached hydrogens (primary N) is 1. The van der Waals surface area contributed by atoms with Crippen molar-refractivity contribution in [3.05, 3.63) is 59.8 Å². The van der Waals surface area contributed by atoms with Crippen molar-refractivity contribution in [3.63, 3.8) is 0 Å². The Labute approximate surface area is 121 Å². The van der Waals surface area contributed by atoms with Crippen molar-refractivity contribution in [1.82, 2.24) is 10.2 Å². The third-order valence-electron chi connectivity index (χ3n) is 2.99. The van der Waals surface area contributed by atoms with Crippen LogP contribution in [0.15, 0.2) is 48.6 Å². The summed E-state index contributed by atoms with van der Waals surface area (Å²) in [7, 11) is 0. The van der Waals surface area contributed by atoms with Crippen LogP contribution in [0.25, 0.3) is 16.5 Å². The Bertz CT molecular complexity index is 782. The molecular weight excluding hydrogens is 266 g/mol. The molecule has 0 saturated heterocycles. The van der Waals surface area contributed by atoms with Gasteiger partial charge in [0.05, 0.1) is 11.2 Å². The standard InChI is InChI=1S/C16H15N3O2/c1-3-4-11(7-10(2)9-20)15-13-8-12(16(17)21)5-6-14(13)18-19-15/h3-9H,1H2,2H3,(H2,17,21)(H,18,19)/b10-7+,11-4+. The van der Waals surface area contributed by atoms with Gasteiger partial charge in [-0.25, -0.2) is 0 Å². The molecule has 0 unspecified atom stereocenters. The van der Waals surface area contributed by atoms with Crippen LogP contribution in [-0.2, 0) is 4.79 Å². The monoisotopic (exact) mass is 281 g/mol. The van der Waals surface area contributed by atoms with Crippen LogP contribution in [0.5, 0.6) is 0 Å². The molecule has 1 amide bonds. The molecule has 0 aliphatic carbocycles. The van der Waals surface area contributed by atoms with Gasteiger partial charge in [-0.1, -0.05) is 18.7 Å². The number of allylic oxidation sites excluding steroid dienone is 5. The highest BCUT2D eigenvalue weighted by Gasteiger charge is 2.11. The molecular formula is C16H15N3O2. The SMILES string of the molecule is C=C/C=C(\C=C(/C)C=O)c1n[nH]c2ccc(C(N)=O)cc12. The van der Waals surface area contributed by atoms with Crippen LogP contribution in [0.2, 0.25) is 0 Å². The van der Waals surface area contributed by atoms with E-state index in [1.54, 1.807) is 43.4 Å². The number of primary amides is 1. The summed E-state index contributed by atoms with van der Waals surface area (Å²) in [5, 5.41) is 7.90. The number of aromatic nitrogens is 2. The predicted octanol–water partition coefficient (Wildman–Crippen LogP) is 2.38. The largest absolute Gasteiger partial charge is 0.366 e. The molecule has 5 heteroatoms. The van der Waals surface area contributed by atoms with Crippen LogP contribution < -0.4 is 5.73 Å². The Morgan fingerprint density at radius 2 is 2.19 bits per heavy atom. The normalized spacial score (nSPS) is 12.4. The summed E-state index contributed by atoms with van der Waals surface area (Å²) in [6.07, 6.45) is 5.84. The third-order valence-corrected chi connectivity index (χ3v) is 2.99. The Hall–Kier alpha value is -2.95. The second-order valence-corrected chi connectivity index (χ2v) is 4.56. The highest BCUT2D eigenvalue weighted by molar-refractivity contribution is 6.00. The Kier molecular flexibility index (Phi) is 4.13. The maximum absolute atomic E-state index is 11.3. The average molecular weight is 281 g/mol. The first-order valence-corrected chi connectivity index (χ1v) is 6.31. The Morgan fingerprint density at radius 3 is 2.81 bits per heavy atom. The molecule has 0 aliphatic heterocycles. The van der Waals surface area contributed by atoms with Crippen LogP contribution in [0, 0.1) is 0 Å². The second-order valence-electron chi connectivity index (χ2n) is 4.56. The maximum atomic E-state index is 11.3. The van der Waals surface area contributed by atoms with Gasteiger partial charge in [-0.3, -0.25) is 14.7 Å². The van der Waals surface area contributed by atoms with Crippen molar-refractivity contribution in [2.75, 3.05) is 0 Å². The van der Waals surface area contributed by atoms with Gasteiger partial charge in [0, 0.05) is 16.5 Å². The van der Waals surface area contributed by atoms with Crippen LogP contribution >= 0.6 is 0 Å². The van der Waals surface area contributed by atoms with Crippen molar-refractivity contribution in [1.29, 1.82) is 0 Å². The maximum Gasteiger partial charge on any atom is 0.248 e. The number of hydrogen-bond acceptors (Lipinski definition) is 3. The van der Waals surface area contributed by atoms with Crippen molar-refractivity contribution >= 4 is 28.7 Å². The first-order chi connectivity index (χ1) is 10.1. The Morgan fingerprint density at radius 1 is 1.43 bits per heavy atom. The molecule has 0 aliphatic rings. The van der Waals surface area contributed by atoms with E-state index < -0.39 is 5.91 Å². The highest BCUT2D eigenvalue weighted by Crippen LogP contribution is 2.25. The number of hydrogen-bond donors (Lipinski definition) is 2. The topological polar surface area (TPSA) is 88.8 Å². The van der Waals surface area contributed by atoms with Gasteiger partial charge in [0.15, 0.2) is 0 Å². The molecule has 21 heavy (non-hydrogen) atoms. The summed E-state index contributed by atoms with van der Waals surface area (Å²) in [4.78, 5) is 22.1. The fourth-order valence-corrected chi connectivity index (χ4v) is 1.99. The number of amides is 1. The lowest BCUT2D eigenvalue weighted by molar-refractivity contribution is -0.104. The summed E-state index contributed by atoms with van der Waals surface area (Å²) in [6, 6.07) is 5.06. The van der Waals surface area contributed by atoms with Gasteiger partial charge >= 0.3 is 0 Å². The van der Waals surface area contributed by atoms with E-state index in [0.717, 1.165) is 22.8 Å². The van der Waals surface area contributed by atoms with E-state index >= 15 is 0 Å². The lowest BCUT2D eigenvalue weighted by atomic mass is 10.0. The summed E-state index contributed by atoms with van der Waals surface area (Å²) in [5.41, 5.74) is 8.40. The quantitative estimate of drug-likeness (QED) is 0.501. The van der Waals surface area contributed by atoms with Crippen molar-refractivity contribution < 1.29 is 9.59 Å². The van der Waals surface area contributed by atoms with Crippen molar-refractivity contribution in [2.45, 2.75) is 6.92 Å². The first-order valence-electron chi connectivity index (χ1n) is 6.31. The minimum absolute atomic E-state index is 0.402. The number of carbonyl (C=O) groups excluding carboxylic acids is 2. The molecule has 3 N–H and O–H groups in total. The fourth-order valence-electron chi connectivity index (χ4n) is 1.99. The predicted molar refractivity (Wildman–Crippen MR) is 82.6 cm³/mol. The molecule has 2 rings (SSSR count).